The van der Waals surface area contributed by atoms with Crippen LogP contribution in [0, 0.1) is 0 Å². The first-order valence-corrected chi connectivity index (χ1v) is 5.35. The van der Waals surface area contributed by atoms with Gasteiger partial charge in [0.05, 0.1) is 18.5 Å². The van der Waals surface area contributed by atoms with Crippen molar-refractivity contribution in [1.29, 1.82) is 0 Å². The Labute approximate surface area is 100 Å². The lowest BCUT2D eigenvalue weighted by Gasteiger charge is -2.11. The number of methoxy groups -OCH3 is 1. The van der Waals surface area contributed by atoms with E-state index in [0.717, 1.165) is 16.8 Å². The first-order valence-electron chi connectivity index (χ1n) is 5.35. The Hall–Kier alpha value is -2.07. The second kappa shape index (κ2) is 4.84. The first-order chi connectivity index (χ1) is 8.26. The zero-order valence-electron chi connectivity index (χ0n) is 9.68. The van der Waals surface area contributed by atoms with Gasteiger partial charge in [-0.1, -0.05) is 30.3 Å². The summed E-state index contributed by atoms with van der Waals surface area (Å²) in [7, 11) is 1.58. The van der Waals surface area contributed by atoms with Gasteiger partial charge in [0.2, 0.25) is 5.88 Å². The van der Waals surface area contributed by atoms with Crippen molar-refractivity contribution in [3.63, 3.8) is 0 Å². The Morgan fingerprint density at radius 1 is 1.24 bits per heavy atom. The Morgan fingerprint density at radius 2 is 1.94 bits per heavy atom. The van der Waals surface area contributed by atoms with E-state index in [1.54, 1.807) is 7.11 Å². The molecule has 0 bridgehead atoms. The summed E-state index contributed by atoms with van der Waals surface area (Å²) < 4.78 is 5.21. The molecule has 0 spiro atoms. The van der Waals surface area contributed by atoms with Crippen molar-refractivity contribution >= 4 is 5.69 Å². The molecule has 0 aliphatic heterocycles. The van der Waals surface area contributed by atoms with Crippen LogP contribution in [0.1, 0.15) is 5.56 Å². The lowest BCUT2D eigenvalue weighted by atomic mass is 10.1. The van der Waals surface area contributed by atoms with Crippen LogP contribution >= 0.6 is 0 Å². The number of rotatable bonds is 3. The molecule has 88 valence electrons. The molecule has 2 rings (SSSR count). The highest BCUT2D eigenvalue weighted by Crippen LogP contribution is 2.28. The maximum Gasteiger partial charge on any atom is 0.218 e. The van der Waals surface area contributed by atoms with E-state index in [1.165, 1.54) is 0 Å². The molecule has 0 amide bonds. The Morgan fingerprint density at radius 3 is 2.53 bits per heavy atom. The number of hydrogen-bond donors (Lipinski definition) is 2. The molecule has 2 aromatic rings. The molecule has 0 saturated carbocycles. The largest absolute Gasteiger partial charge is 0.481 e. The van der Waals surface area contributed by atoms with Crippen molar-refractivity contribution in [2.45, 2.75) is 6.54 Å². The zero-order chi connectivity index (χ0) is 12.3. The van der Waals surface area contributed by atoms with Crippen LogP contribution in [-0.2, 0) is 6.54 Å². The van der Waals surface area contributed by atoms with Crippen molar-refractivity contribution < 1.29 is 4.74 Å². The minimum atomic E-state index is 0.357. The highest BCUT2D eigenvalue weighted by molar-refractivity contribution is 5.73. The number of anilines is 1. The summed E-state index contributed by atoms with van der Waals surface area (Å²) in [6.07, 6.45) is 0. The fraction of sp³-hybridized carbons (Fsp3) is 0.154. The molecular weight excluding hydrogens is 214 g/mol. The predicted octanol–water partition coefficient (Wildman–Crippen LogP) is 1.80. The van der Waals surface area contributed by atoms with Crippen molar-refractivity contribution in [3.05, 3.63) is 42.0 Å². The van der Waals surface area contributed by atoms with E-state index < -0.39 is 0 Å². The van der Waals surface area contributed by atoms with Gasteiger partial charge in [0.25, 0.3) is 0 Å². The molecule has 17 heavy (non-hydrogen) atoms. The number of nitrogens with two attached hydrogens (primary N) is 2. The van der Waals surface area contributed by atoms with Gasteiger partial charge < -0.3 is 16.2 Å². The summed E-state index contributed by atoms with van der Waals surface area (Å²) in [5, 5.41) is 0. The van der Waals surface area contributed by atoms with E-state index in [0.29, 0.717) is 18.1 Å². The first kappa shape index (κ1) is 11.4. The number of nitrogens with zero attached hydrogens (tertiary/aromatic N) is 1. The molecule has 4 heteroatoms. The number of hydrogen-bond acceptors (Lipinski definition) is 4. The van der Waals surface area contributed by atoms with E-state index in [2.05, 4.69) is 4.98 Å². The van der Waals surface area contributed by atoms with Crippen molar-refractivity contribution in [1.82, 2.24) is 4.98 Å². The molecule has 0 atom stereocenters. The third-order valence-electron chi connectivity index (χ3n) is 2.55. The van der Waals surface area contributed by atoms with Crippen LogP contribution in [0.5, 0.6) is 5.88 Å². The number of ether oxygens (including phenoxy) is 1. The van der Waals surface area contributed by atoms with E-state index in [-0.39, 0.29) is 0 Å². The lowest BCUT2D eigenvalue weighted by molar-refractivity contribution is 0.393. The maximum atomic E-state index is 5.98. The van der Waals surface area contributed by atoms with Crippen molar-refractivity contribution in [3.8, 4) is 17.1 Å². The molecule has 0 unspecified atom stereocenters. The summed E-state index contributed by atoms with van der Waals surface area (Å²) in [5.74, 6) is 0.528. The van der Waals surface area contributed by atoms with Crippen LogP contribution in [0.15, 0.2) is 36.4 Å². The molecule has 4 N–H and O–H groups in total. The molecule has 0 fully saturated rings. The summed E-state index contributed by atoms with van der Waals surface area (Å²) in [6, 6.07) is 11.6. The fourth-order valence-corrected chi connectivity index (χ4v) is 1.71. The minimum Gasteiger partial charge on any atom is -0.481 e. The van der Waals surface area contributed by atoms with Gasteiger partial charge in [0, 0.05) is 17.7 Å². The van der Waals surface area contributed by atoms with Gasteiger partial charge in [-0.15, -0.1) is 0 Å². The molecule has 0 aliphatic carbocycles. The summed E-state index contributed by atoms with van der Waals surface area (Å²) in [4.78, 5) is 4.40. The zero-order valence-corrected chi connectivity index (χ0v) is 9.68. The highest BCUT2D eigenvalue weighted by atomic mass is 16.5. The monoisotopic (exact) mass is 229 g/mol. The molecular formula is C13H15N3O. The molecule has 1 aromatic heterocycles. The number of nitrogen functional groups attached to an aromatic ring is 1. The fourth-order valence-electron chi connectivity index (χ4n) is 1.71. The normalized spacial score (nSPS) is 10.2. The Bertz CT molecular complexity index is 512. The third-order valence-corrected chi connectivity index (χ3v) is 2.55. The second-order valence-corrected chi connectivity index (χ2v) is 3.66. The van der Waals surface area contributed by atoms with E-state index in [1.807, 2.05) is 36.4 Å². The third kappa shape index (κ3) is 2.21. The molecule has 0 radical (unpaired) electrons. The van der Waals surface area contributed by atoms with Gasteiger partial charge in [-0.05, 0) is 6.07 Å². The highest BCUT2D eigenvalue weighted by Gasteiger charge is 2.10. The summed E-state index contributed by atoms with van der Waals surface area (Å²) >= 11 is 0. The van der Waals surface area contributed by atoms with Gasteiger partial charge >= 0.3 is 0 Å². The van der Waals surface area contributed by atoms with Crippen LogP contribution in [0.25, 0.3) is 11.3 Å². The van der Waals surface area contributed by atoms with Gasteiger partial charge in [-0.3, -0.25) is 0 Å². The topological polar surface area (TPSA) is 74.2 Å². The SMILES string of the molecule is COc1nc(-c2ccccc2)c(N)cc1CN. The molecule has 1 aromatic carbocycles. The number of pyridine rings is 1. The standard InChI is InChI=1S/C13H15N3O/c1-17-13-10(8-14)7-11(15)12(16-13)9-5-3-2-4-6-9/h2-7H,8,14-15H2,1H3. The van der Waals surface area contributed by atoms with E-state index in [4.69, 9.17) is 16.2 Å². The average Bonchev–Trinajstić information content (AvgIpc) is 2.39. The number of aromatic nitrogens is 1. The van der Waals surface area contributed by atoms with Gasteiger partial charge in [-0.2, -0.15) is 0 Å². The molecule has 0 aliphatic rings. The predicted molar refractivity (Wildman–Crippen MR) is 68.5 cm³/mol. The van der Waals surface area contributed by atoms with Crippen LogP contribution in [0.4, 0.5) is 5.69 Å². The Balaban J connectivity index is 2.56. The Kier molecular flexibility index (Phi) is 3.25. The quantitative estimate of drug-likeness (QED) is 0.841. The van der Waals surface area contributed by atoms with E-state index in [9.17, 15) is 0 Å². The van der Waals surface area contributed by atoms with Crippen LogP contribution in [0.2, 0.25) is 0 Å². The lowest BCUT2D eigenvalue weighted by Crippen LogP contribution is -2.05. The molecule has 4 nitrogen and oxygen atoms in total. The molecule has 1 heterocycles. The van der Waals surface area contributed by atoms with Crippen LogP contribution in [0.3, 0.4) is 0 Å². The second-order valence-electron chi connectivity index (χ2n) is 3.66. The van der Waals surface area contributed by atoms with Crippen LogP contribution in [-0.4, -0.2) is 12.1 Å². The van der Waals surface area contributed by atoms with Gasteiger partial charge in [0.1, 0.15) is 0 Å². The van der Waals surface area contributed by atoms with Crippen molar-refractivity contribution in [2.75, 3.05) is 12.8 Å². The smallest absolute Gasteiger partial charge is 0.218 e. The molecule has 0 saturated heterocycles. The van der Waals surface area contributed by atoms with E-state index >= 15 is 0 Å². The number of benzene rings is 1. The average molecular weight is 229 g/mol. The van der Waals surface area contributed by atoms with Gasteiger partial charge in [-0.25, -0.2) is 4.98 Å². The van der Waals surface area contributed by atoms with Gasteiger partial charge in [0.15, 0.2) is 0 Å². The summed E-state index contributed by atoms with van der Waals surface area (Å²) in [5.41, 5.74) is 14.7. The van der Waals surface area contributed by atoms with Crippen molar-refractivity contribution in [2.24, 2.45) is 5.73 Å². The summed E-state index contributed by atoms with van der Waals surface area (Å²) in [6.45, 7) is 0.357. The minimum absolute atomic E-state index is 0.357. The van der Waals surface area contributed by atoms with Crippen LogP contribution < -0.4 is 16.2 Å². The maximum absolute atomic E-state index is 5.98.